The zero-order valence-corrected chi connectivity index (χ0v) is 11.5. The highest BCUT2D eigenvalue weighted by Crippen LogP contribution is 2.25. The molecule has 94 valence electrons. The van der Waals surface area contributed by atoms with E-state index in [1.807, 2.05) is 0 Å². The van der Waals surface area contributed by atoms with E-state index >= 15 is 0 Å². The number of hydrogen-bond donors (Lipinski definition) is 1. The Kier molecular flexibility index (Phi) is 4.19. The van der Waals surface area contributed by atoms with E-state index in [4.69, 9.17) is 11.6 Å². The van der Waals surface area contributed by atoms with Crippen molar-refractivity contribution in [3.63, 3.8) is 0 Å². The fraction of sp³-hybridized carbons (Fsp3) is 0.0769. The molecule has 1 N–H and O–H groups in total. The Morgan fingerprint density at radius 3 is 2.39 bits per heavy atom. The summed E-state index contributed by atoms with van der Waals surface area (Å²) in [5, 5.41) is 3.46. The minimum atomic E-state index is -0.369. The predicted molar refractivity (Wildman–Crippen MR) is 72.8 cm³/mol. The second kappa shape index (κ2) is 5.67. The lowest BCUT2D eigenvalue weighted by molar-refractivity contribution is 0.626. The normalized spacial score (nSPS) is 10.4. The van der Waals surface area contributed by atoms with Gasteiger partial charge in [-0.2, -0.15) is 0 Å². The van der Waals surface area contributed by atoms with Crippen molar-refractivity contribution in [2.75, 3.05) is 5.32 Å². The maximum Gasteiger partial charge on any atom is 0.124 e. The van der Waals surface area contributed by atoms with Crippen LogP contribution in [0.15, 0.2) is 40.9 Å². The summed E-state index contributed by atoms with van der Waals surface area (Å²) in [6.45, 7) is 0.434. The first kappa shape index (κ1) is 13.3. The van der Waals surface area contributed by atoms with Crippen molar-refractivity contribution in [2.45, 2.75) is 6.54 Å². The molecule has 0 aliphatic rings. The average molecular weight is 333 g/mol. The summed E-state index contributed by atoms with van der Waals surface area (Å²) in [4.78, 5) is 0. The topological polar surface area (TPSA) is 12.0 Å². The molecule has 0 spiro atoms. The molecule has 0 aliphatic heterocycles. The van der Waals surface area contributed by atoms with Gasteiger partial charge in [0.2, 0.25) is 0 Å². The first-order valence-electron chi connectivity index (χ1n) is 5.19. The van der Waals surface area contributed by atoms with Gasteiger partial charge in [0.05, 0.1) is 0 Å². The zero-order valence-electron chi connectivity index (χ0n) is 9.18. The van der Waals surface area contributed by atoms with E-state index in [0.29, 0.717) is 16.0 Å². The Hall–Kier alpha value is -1.13. The number of benzene rings is 2. The molecule has 0 amide bonds. The Morgan fingerprint density at radius 1 is 1.06 bits per heavy atom. The highest BCUT2D eigenvalue weighted by Gasteiger charge is 2.04. The molecule has 0 atom stereocenters. The van der Waals surface area contributed by atoms with Gasteiger partial charge in [-0.15, -0.1) is 0 Å². The standard InChI is InChI=1S/C13H9BrClF2N/c14-11-5-9(16)3-4-13(11)18-7-8-1-2-10(17)6-12(8)15/h1-6,18H,7H2. The fourth-order valence-corrected chi connectivity index (χ4v) is 2.21. The Morgan fingerprint density at radius 2 is 1.72 bits per heavy atom. The lowest BCUT2D eigenvalue weighted by Crippen LogP contribution is -2.01. The second-order valence-electron chi connectivity index (χ2n) is 3.71. The molecular weight excluding hydrogens is 324 g/mol. The van der Waals surface area contributed by atoms with Crippen molar-refractivity contribution in [2.24, 2.45) is 0 Å². The lowest BCUT2D eigenvalue weighted by atomic mass is 10.2. The minimum absolute atomic E-state index is 0.313. The molecule has 0 unspecified atom stereocenters. The van der Waals surface area contributed by atoms with Gasteiger partial charge >= 0.3 is 0 Å². The molecule has 0 aliphatic carbocycles. The number of nitrogens with one attached hydrogen (secondary N) is 1. The van der Waals surface area contributed by atoms with Gasteiger partial charge in [0.15, 0.2) is 0 Å². The van der Waals surface area contributed by atoms with E-state index < -0.39 is 0 Å². The van der Waals surface area contributed by atoms with Gasteiger partial charge in [-0.3, -0.25) is 0 Å². The number of hydrogen-bond acceptors (Lipinski definition) is 1. The van der Waals surface area contributed by atoms with Gasteiger partial charge in [0, 0.05) is 21.7 Å². The molecule has 2 aromatic rings. The van der Waals surface area contributed by atoms with E-state index in [0.717, 1.165) is 11.3 Å². The third-order valence-corrected chi connectivity index (χ3v) is 3.42. The third kappa shape index (κ3) is 3.21. The van der Waals surface area contributed by atoms with Gasteiger partial charge in [0.25, 0.3) is 0 Å². The van der Waals surface area contributed by atoms with Crippen LogP contribution in [-0.4, -0.2) is 0 Å². The number of anilines is 1. The molecule has 0 aromatic heterocycles. The van der Waals surface area contributed by atoms with E-state index in [9.17, 15) is 8.78 Å². The van der Waals surface area contributed by atoms with Crippen molar-refractivity contribution in [3.8, 4) is 0 Å². The van der Waals surface area contributed by atoms with Gasteiger partial charge in [0.1, 0.15) is 11.6 Å². The molecule has 2 aromatic carbocycles. The molecule has 0 fully saturated rings. The highest BCUT2D eigenvalue weighted by molar-refractivity contribution is 9.10. The van der Waals surface area contributed by atoms with Crippen molar-refractivity contribution in [3.05, 3.63) is 63.1 Å². The first-order valence-corrected chi connectivity index (χ1v) is 6.36. The summed E-state index contributed by atoms with van der Waals surface area (Å²) in [5.41, 5.74) is 1.52. The summed E-state index contributed by atoms with van der Waals surface area (Å²) >= 11 is 9.16. The van der Waals surface area contributed by atoms with Crippen LogP contribution in [0.2, 0.25) is 5.02 Å². The molecule has 0 heterocycles. The quantitative estimate of drug-likeness (QED) is 0.834. The summed E-state index contributed by atoms with van der Waals surface area (Å²) in [6.07, 6.45) is 0. The van der Waals surface area contributed by atoms with E-state index in [1.165, 1.54) is 24.3 Å². The molecule has 0 saturated carbocycles. The largest absolute Gasteiger partial charge is 0.380 e. The van der Waals surface area contributed by atoms with Crippen molar-refractivity contribution >= 4 is 33.2 Å². The van der Waals surface area contributed by atoms with Gasteiger partial charge in [-0.05, 0) is 51.8 Å². The minimum Gasteiger partial charge on any atom is -0.380 e. The monoisotopic (exact) mass is 331 g/mol. The van der Waals surface area contributed by atoms with Crippen LogP contribution in [0.1, 0.15) is 5.56 Å². The van der Waals surface area contributed by atoms with Crippen LogP contribution < -0.4 is 5.32 Å². The van der Waals surface area contributed by atoms with Crippen LogP contribution in [0.5, 0.6) is 0 Å². The molecular formula is C13H9BrClF2N. The molecule has 0 radical (unpaired) electrons. The summed E-state index contributed by atoms with van der Waals surface area (Å²) < 4.78 is 26.4. The Bertz CT molecular complexity index is 523. The summed E-state index contributed by atoms with van der Waals surface area (Å²) in [6, 6.07) is 8.58. The number of halogens is 4. The number of rotatable bonds is 3. The molecule has 5 heteroatoms. The van der Waals surface area contributed by atoms with E-state index in [1.54, 1.807) is 12.1 Å². The van der Waals surface area contributed by atoms with Crippen molar-refractivity contribution < 1.29 is 8.78 Å². The van der Waals surface area contributed by atoms with Gasteiger partial charge in [-0.25, -0.2) is 8.78 Å². The van der Waals surface area contributed by atoms with Gasteiger partial charge in [-0.1, -0.05) is 17.7 Å². The summed E-state index contributed by atoms with van der Waals surface area (Å²) in [5.74, 6) is -0.682. The van der Waals surface area contributed by atoms with Crippen LogP contribution >= 0.6 is 27.5 Å². The Labute approximate surface area is 117 Å². The van der Waals surface area contributed by atoms with Crippen LogP contribution in [0.3, 0.4) is 0 Å². The van der Waals surface area contributed by atoms with E-state index in [-0.39, 0.29) is 11.6 Å². The average Bonchev–Trinajstić information content (AvgIpc) is 2.30. The maximum atomic E-state index is 12.9. The molecule has 1 nitrogen and oxygen atoms in total. The van der Waals surface area contributed by atoms with Crippen LogP contribution in [-0.2, 0) is 6.54 Å². The molecule has 2 rings (SSSR count). The zero-order chi connectivity index (χ0) is 13.1. The van der Waals surface area contributed by atoms with Crippen molar-refractivity contribution in [1.29, 1.82) is 0 Å². The maximum absolute atomic E-state index is 12.9. The molecule has 0 saturated heterocycles. The summed E-state index contributed by atoms with van der Waals surface area (Å²) in [7, 11) is 0. The van der Waals surface area contributed by atoms with Crippen LogP contribution in [0, 0.1) is 11.6 Å². The third-order valence-electron chi connectivity index (χ3n) is 2.42. The molecule has 18 heavy (non-hydrogen) atoms. The fourth-order valence-electron chi connectivity index (χ4n) is 1.49. The molecule has 0 bridgehead atoms. The predicted octanol–water partition coefficient (Wildman–Crippen LogP) is 4.99. The SMILES string of the molecule is Fc1ccc(CNc2ccc(F)cc2Br)c(Cl)c1. The van der Waals surface area contributed by atoms with Crippen LogP contribution in [0.25, 0.3) is 0 Å². The lowest BCUT2D eigenvalue weighted by Gasteiger charge is -2.10. The first-order chi connectivity index (χ1) is 8.56. The highest BCUT2D eigenvalue weighted by atomic mass is 79.9. The van der Waals surface area contributed by atoms with Gasteiger partial charge < -0.3 is 5.32 Å². The van der Waals surface area contributed by atoms with Crippen LogP contribution in [0.4, 0.5) is 14.5 Å². The second-order valence-corrected chi connectivity index (χ2v) is 4.97. The van der Waals surface area contributed by atoms with Crippen molar-refractivity contribution in [1.82, 2.24) is 0 Å². The van der Waals surface area contributed by atoms with E-state index in [2.05, 4.69) is 21.2 Å². The smallest absolute Gasteiger partial charge is 0.124 e. The Balaban J connectivity index is 2.11.